The van der Waals surface area contributed by atoms with Crippen molar-refractivity contribution in [2.75, 3.05) is 6.54 Å². The van der Waals surface area contributed by atoms with E-state index in [2.05, 4.69) is 21.1 Å². The van der Waals surface area contributed by atoms with Crippen LogP contribution >= 0.6 is 0 Å². The molecule has 1 aromatic carbocycles. The highest BCUT2D eigenvalue weighted by atomic mass is 16.2. The number of benzene rings is 1. The van der Waals surface area contributed by atoms with Gasteiger partial charge in [0.15, 0.2) is 0 Å². The van der Waals surface area contributed by atoms with Crippen molar-refractivity contribution in [3.05, 3.63) is 75.7 Å². The molecule has 1 amide bonds. The Morgan fingerprint density at radius 2 is 2.17 bits per heavy atom. The summed E-state index contributed by atoms with van der Waals surface area (Å²) < 4.78 is 1.77. The van der Waals surface area contributed by atoms with Crippen LogP contribution in [0.4, 0.5) is 0 Å². The monoisotopic (exact) mass is 323 g/mol. The van der Waals surface area contributed by atoms with E-state index >= 15 is 0 Å². The van der Waals surface area contributed by atoms with Gasteiger partial charge in [0.25, 0.3) is 5.91 Å². The van der Waals surface area contributed by atoms with Crippen LogP contribution in [0.2, 0.25) is 0 Å². The number of carbonyl (C=O) groups is 1. The first kappa shape index (κ1) is 14.5. The second-order valence-corrected chi connectivity index (χ2v) is 6.04. The molecule has 0 spiro atoms. The van der Waals surface area contributed by atoms with Gasteiger partial charge < -0.3 is 14.9 Å². The Bertz CT molecular complexity index is 952. The number of aryl methyl sites for hydroxylation is 1. The number of nitrogens with one attached hydrogen (secondary N) is 2. The lowest BCUT2D eigenvalue weighted by atomic mass is 9.86. The maximum Gasteiger partial charge on any atom is 0.323 e. The lowest BCUT2D eigenvalue weighted by molar-refractivity contribution is 0.0719. The summed E-state index contributed by atoms with van der Waals surface area (Å²) in [5, 5.41) is 4.26. The molecular weight excluding hydrogens is 306 g/mol. The maximum absolute atomic E-state index is 12.7. The third kappa shape index (κ3) is 2.44. The van der Waals surface area contributed by atoms with Crippen molar-refractivity contribution in [3.8, 4) is 0 Å². The van der Waals surface area contributed by atoms with Gasteiger partial charge in [-0.25, -0.2) is 4.79 Å². The molecule has 0 saturated carbocycles. The molecule has 1 aliphatic rings. The van der Waals surface area contributed by atoms with Crippen molar-refractivity contribution in [1.82, 2.24) is 24.6 Å². The summed E-state index contributed by atoms with van der Waals surface area (Å²) in [4.78, 5) is 30.8. The zero-order valence-electron chi connectivity index (χ0n) is 13.2. The summed E-state index contributed by atoms with van der Waals surface area (Å²) >= 11 is 0. The maximum atomic E-state index is 12.7. The number of carbonyl (C=O) groups excluding carboxylic acids is 1. The summed E-state index contributed by atoms with van der Waals surface area (Å²) in [5.74, 6) is -0.116. The normalized spacial score (nSPS) is 16.9. The molecule has 7 heteroatoms. The topological polar surface area (TPSA) is 86.8 Å². The van der Waals surface area contributed by atoms with Crippen LogP contribution in [0, 0.1) is 0 Å². The number of H-pyrrole nitrogens is 2. The number of hydrogen-bond acceptors (Lipinski definition) is 3. The Labute approximate surface area is 137 Å². The number of amides is 1. The number of fused-ring (bicyclic) bond motifs is 1. The molecule has 2 aromatic heterocycles. The largest absolute Gasteiger partial charge is 0.332 e. The number of rotatable bonds is 2. The zero-order chi connectivity index (χ0) is 16.7. The molecule has 2 N–H and O–H groups in total. The molecule has 1 aliphatic heterocycles. The Hall–Kier alpha value is -3.09. The summed E-state index contributed by atoms with van der Waals surface area (Å²) in [6.07, 6.45) is 5.24. The summed E-state index contributed by atoms with van der Waals surface area (Å²) in [6.45, 7) is 1.08. The van der Waals surface area contributed by atoms with Gasteiger partial charge >= 0.3 is 5.69 Å². The molecule has 3 heterocycles. The van der Waals surface area contributed by atoms with E-state index in [1.807, 2.05) is 37.6 Å². The number of hydrogen-bond donors (Lipinski definition) is 2. The summed E-state index contributed by atoms with van der Waals surface area (Å²) in [6, 6.07) is 8.14. The fourth-order valence-electron chi connectivity index (χ4n) is 3.28. The quantitative estimate of drug-likeness (QED) is 0.743. The zero-order valence-corrected chi connectivity index (χ0v) is 13.2. The second-order valence-electron chi connectivity index (χ2n) is 6.04. The highest BCUT2D eigenvalue weighted by Gasteiger charge is 2.30. The van der Waals surface area contributed by atoms with Crippen LogP contribution < -0.4 is 5.69 Å². The smallest absolute Gasteiger partial charge is 0.323 e. The van der Waals surface area contributed by atoms with Gasteiger partial charge in [0.05, 0.1) is 6.20 Å². The lowest BCUT2D eigenvalue weighted by Crippen LogP contribution is -2.38. The van der Waals surface area contributed by atoms with Gasteiger partial charge in [0.2, 0.25) is 0 Å². The lowest BCUT2D eigenvalue weighted by Gasteiger charge is -2.34. The van der Waals surface area contributed by atoms with E-state index in [0.717, 1.165) is 11.1 Å². The van der Waals surface area contributed by atoms with Crippen LogP contribution in [-0.4, -0.2) is 37.1 Å². The number of aromatic amines is 2. The summed E-state index contributed by atoms with van der Waals surface area (Å²) in [7, 11) is 1.88. The van der Waals surface area contributed by atoms with Crippen LogP contribution in [0.25, 0.3) is 0 Å². The number of imidazole rings is 1. The van der Waals surface area contributed by atoms with Crippen molar-refractivity contribution >= 4 is 5.91 Å². The van der Waals surface area contributed by atoms with E-state index in [1.165, 1.54) is 11.8 Å². The predicted octanol–water partition coefficient (Wildman–Crippen LogP) is 1.22. The van der Waals surface area contributed by atoms with Crippen LogP contribution in [0.1, 0.15) is 33.1 Å². The molecular formula is C17H17N5O2. The SMILES string of the molecule is Cn1cc(C2CN(C(=O)c3c[nH]c(=O)[nH]3)Cc3ccccc32)cn1. The molecule has 0 aliphatic carbocycles. The summed E-state index contributed by atoms with van der Waals surface area (Å²) in [5.41, 5.74) is 3.31. The van der Waals surface area contributed by atoms with Gasteiger partial charge in [-0.2, -0.15) is 5.10 Å². The highest BCUT2D eigenvalue weighted by Crippen LogP contribution is 2.33. The van der Waals surface area contributed by atoms with Crippen LogP contribution in [0.15, 0.2) is 47.7 Å². The molecule has 24 heavy (non-hydrogen) atoms. The average molecular weight is 323 g/mol. The first-order valence-electron chi connectivity index (χ1n) is 7.75. The van der Waals surface area contributed by atoms with Crippen LogP contribution in [-0.2, 0) is 13.6 Å². The minimum Gasteiger partial charge on any atom is -0.332 e. The molecule has 1 atom stereocenters. The molecule has 0 fully saturated rings. The highest BCUT2D eigenvalue weighted by molar-refractivity contribution is 5.92. The first-order chi connectivity index (χ1) is 11.6. The van der Waals surface area contributed by atoms with E-state index in [9.17, 15) is 9.59 Å². The molecule has 1 unspecified atom stereocenters. The Morgan fingerprint density at radius 1 is 1.33 bits per heavy atom. The number of aromatic nitrogens is 4. The van der Waals surface area contributed by atoms with Crippen LogP contribution in [0.5, 0.6) is 0 Å². The van der Waals surface area contributed by atoms with Gasteiger partial charge in [-0.1, -0.05) is 24.3 Å². The molecule has 0 radical (unpaired) electrons. The van der Waals surface area contributed by atoms with E-state index in [-0.39, 0.29) is 23.2 Å². The third-order valence-electron chi connectivity index (χ3n) is 4.44. The van der Waals surface area contributed by atoms with Crippen LogP contribution in [0.3, 0.4) is 0 Å². The Balaban J connectivity index is 1.72. The van der Waals surface area contributed by atoms with Crippen molar-refractivity contribution in [2.24, 2.45) is 7.05 Å². The van der Waals surface area contributed by atoms with E-state index in [0.29, 0.717) is 13.1 Å². The fourth-order valence-corrected chi connectivity index (χ4v) is 3.28. The predicted molar refractivity (Wildman–Crippen MR) is 87.6 cm³/mol. The average Bonchev–Trinajstić information content (AvgIpc) is 3.21. The van der Waals surface area contributed by atoms with Gasteiger partial charge in [-0.15, -0.1) is 0 Å². The Morgan fingerprint density at radius 3 is 2.88 bits per heavy atom. The molecule has 3 aromatic rings. The molecule has 0 bridgehead atoms. The van der Waals surface area contributed by atoms with Gasteiger partial charge in [0.1, 0.15) is 5.69 Å². The Kier molecular flexibility index (Phi) is 3.34. The van der Waals surface area contributed by atoms with Gasteiger partial charge in [-0.3, -0.25) is 9.48 Å². The minimum absolute atomic E-state index is 0.0678. The fraction of sp³-hybridized carbons (Fsp3) is 0.235. The van der Waals surface area contributed by atoms with Crippen molar-refractivity contribution in [2.45, 2.75) is 12.5 Å². The van der Waals surface area contributed by atoms with Gasteiger partial charge in [-0.05, 0) is 16.7 Å². The molecule has 122 valence electrons. The second kappa shape index (κ2) is 5.52. The third-order valence-corrected chi connectivity index (χ3v) is 4.44. The molecule has 7 nitrogen and oxygen atoms in total. The van der Waals surface area contributed by atoms with E-state index < -0.39 is 0 Å². The minimum atomic E-state index is -0.375. The molecule has 0 saturated heterocycles. The van der Waals surface area contributed by atoms with Crippen molar-refractivity contribution in [1.29, 1.82) is 0 Å². The van der Waals surface area contributed by atoms with E-state index in [4.69, 9.17) is 0 Å². The number of nitrogens with zero attached hydrogens (tertiary/aromatic N) is 3. The standard InChI is InChI=1S/C17H17N5O2/c1-21-8-12(6-19-21)14-10-22(9-11-4-2-3-5-13(11)14)16(23)15-7-18-17(24)20-15/h2-8,14H,9-10H2,1H3,(H2,18,20,24). The molecule has 4 rings (SSSR count). The first-order valence-corrected chi connectivity index (χ1v) is 7.75. The van der Waals surface area contributed by atoms with Gasteiger partial charge in [0, 0.05) is 38.4 Å². The van der Waals surface area contributed by atoms with Crippen molar-refractivity contribution < 1.29 is 4.79 Å². The van der Waals surface area contributed by atoms with Crippen molar-refractivity contribution in [3.63, 3.8) is 0 Å². The van der Waals surface area contributed by atoms with E-state index in [1.54, 1.807) is 9.58 Å².